The number of carbonyl (C=O) groups is 2. The van der Waals surface area contributed by atoms with Crippen LogP contribution in [-0.4, -0.2) is 72.1 Å². The molecule has 0 aliphatic carbocycles. The van der Waals surface area contributed by atoms with Crippen LogP contribution in [-0.2, 0) is 9.53 Å². The summed E-state index contributed by atoms with van der Waals surface area (Å²) in [5, 5.41) is 0. The van der Waals surface area contributed by atoms with Crippen LogP contribution in [0, 0.1) is 5.92 Å². The average Bonchev–Trinajstić information content (AvgIpc) is 3.29. The van der Waals surface area contributed by atoms with E-state index in [4.69, 9.17) is 9.47 Å². The maximum absolute atomic E-state index is 12.8. The first-order valence-corrected chi connectivity index (χ1v) is 10.8. The standard InChI is InChI=1S/C22H31N3O4/c1-28-19-5-4-18(16-23-19)21(27)25-11-7-22(8-12-25)15-17(6-13-29-22)14-20(26)24-9-2-3-10-24/h4-5,16-17H,2-3,6-15H2,1H3. The number of hydrogen-bond donors (Lipinski definition) is 0. The zero-order chi connectivity index (χ0) is 20.3. The summed E-state index contributed by atoms with van der Waals surface area (Å²) in [6.45, 7) is 3.92. The quantitative estimate of drug-likeness (QED) is 0.775. The van der Waals surface area contributed by atoms with Crippen LogP contribution >= 0.6 is 0 Å². The Morgan fingerprint density at radius 2 is 1.93 bits per heavy atom. The van der Waals surface area contributed by atoms with E-state index in [-0.39, 0.29) is 11.5 Å². The Hall–Kier alpha value is -2.15. The van der Waals surface area contributed by atoms with Crippen LogP contribution in [0.3, 0.4) is 0 Å². The number of carbonyl (C=O) groups excluding carboxylic acids is 2. The topological polar surface area (TPSA) is 72.0 Å². The Morgan fingerprint density at radius 1 is 1.17 bits per heavy atom. The lowest BCUT2D eigenvalue weighted by atomic mass is 9.78. The Labute approximate surface area is 172 Å². The summed E-state index contributed by atoms with van der Waals surface area (Å²) in [6.07, 6.45) is 8.04. The van der Waals surface area contributed by atoms with E-state index in [1.54, 1.807) is 25.4 Å². The fourth-order valence-electron chi connectivity index (χ4n) is 4.92. The number of ether oxygens (including phenoxy) is 2. The Bertz CT molecular complexity index is 722. The molecule has 3 fully saturated rings. The highest BCUT2D eigenvalue weighted by molar-refractivity contribution is 5.94. The minimum Gasteiger partial charge on any atom is -0.481 e. The van der Waals surface area contributed by atoms with Gasteiger partial charge in [-0.05, 0) is 50.5 Å². The van der Waals surface area contributed by atoms with E-state index in [2.05, 4.69) is 4.98 Å². The Kier molecular flexibility index (Phi) is 6.04. The van der Waals surface area contributed by atoms with Crippen LogP contribution in [0.4, 0.5) is 0 Å². The normalized spacial score (nSPS) is 24.0. The molecule has 1 spiro atoms. The summed E-state index contributed by atoms with van der Waals surface area (Å²) >= 11 is 0. The van der Waals surface area contributed by atoms with Gasteiger partial charge in [0.15, 0.2) is 0 Å². The molecule has 0 bridgehead atoms. The summed E-state index contributed by atoms with van der Waals surface area (Å²) < 4.78 is 11.3. The minimum atomic E-state index is -0.177. The fraction of sp³-hybridized carbons (Fsp3) is 0.682. The van der Waals surface area contributed by atoms with Crippen LogP contribution < -0.4 is 4.74 Å². The molecule has 1 unspecified atom stereocenters. The minimum absolute atomic E-state index is 0.00609. The number of likely N-dealkylation sites (tertiary alicyclic amines) is 2. The molecule has 0 radical (unpaired) electrons. The molecule has 1 atom stereocenters. The van der Waals surface area contributed by atoms with Gasteiger partial charge in [0.25, 0.3) is 5.91 Å². The molecule has 158 valence electrons. The third-order valence-corrected chi connectivity index (χ3v) is 6.67. The second-order valence-electron chi connectivity index (χ2n) is 8.56. The number of aromatic nitrogens is 1. The number of methoxy groups -OCH3 is 1. The summed E-state index contributed by atoms with van der Waals surface area (Å²) in [5.74, 6) is 1.21. The molecule has 7 nitrogen and oxygen atoms in total. The first-order chi connectivity index (χ1) is 14.1. The number of nitrogens with zero attached hydrogens (tertiary/aromatic N) is 3. The van der Waals surface area contributed by atoms with Gasteiger partial charge in [0.2, 0.25) is 11.8 Å². The maximum atomic E-state index is 12.8. The molecule has 1 aromatic heterocycles. The monoisotopic (exact) mass is 401 g/mol. The molecular weight excluding hydrogens is 370 g/mol. The van der Waals surface area contributed by atoms with Crippen molar-refractivity contribution in [1.29, 1.82) is 0 Å². The summed E-state index contributed by atoms with van der Waals surface area (Å²) in [4.78, 5) is 33.4. The third-order valence-electron chi connectivity index (χ3n) is 6.67. The molecule has 0 aromatic carbocycles. The SMILES string of the molecule is COc1ccc(C(=O)N2CCC3(CC2)CC(CC(=O)N2CCCC2)CCO3)cn1. The molecule has 0 saturated carbocycles. The molecule has 3 saturated heterocycles. The van der Waals surface area contributed by atoms with Gasteiger partial charge in [-0.15, -0.1) is 0 Å². The van der Waals surface area contributed by atoms with Gasteiger partial charge in [-0.2, -0.15) is 0 Å². The Balaban J connectivity index is 1.31. The lowest BCUT2D eigenvalue weighted by Gasteiger charge is -2.46. The molecule has 3 aliphatic rings. The van der Waals surface area contributed by atoms with Gasteiger partial charge in [-0.3, -0.25) is 9.59 Å². The van der Waals surface area contributed by atoms with Crippen molar-refractivity contribution in [3.8, 4) is 5.88 Å². The highest BCUT2D eigenvalue weighted by Gasteiger charge is 2.42. The number of hydrogen-bond acceptors (Lipinski definition) is 5. The second kappa shape index (κ2) is 8.69. The van der Waals surface area contributed by atoms with Crippen molar-refractivity contribution in [3.05, 3.63) is 23.9 Å². The van der Waals surface area contributed by atoms with Crippen molar-refractivity contribution in [3.63, 3.8) is 0 Å². The molecular formula is C22H31N3O4. The van der Waals surface area contributed by atoms with E-state index in [1.807, 2.05) is 9.80 Å². The van der Waals surface area contributed by atoms with Gasteiger partial charge in [0, 0.05) is 51.5 Å². The fourth-order valence-corrected chi connectivity index (χ4v) is 4.92. The molecule has 3 aliphatic heterocycles. The van der Waals surface area contributed by atoms with Crippen LogP contribution in [0.15, 0.2) is 18.3 Å². The molecule has 0 N–H and O–H groups in total. The number of rotatable bonds is 4. The first-order valence-electron chi connectivity index (χ1n) is 10.8. The summed E-state index contributed by atoms with van der Waals surface area (Å²) in [5.41, 5.74) is 0.406. The largest absolute Gasteiger partial charge is 0.481 e. The van der Waals surface area contributed by atoms with Crippen molar-refractivity contribution in [1.82, 2.24) is 14.8 Å². The van der Waals surface area contributed by atoms with Crippen molar-refractivity contribution in [2.75, 3.05) is 39.9 Å². The van der Waals surface area contributed by atoms with Crippen LogP contribution in [0.5, 0.6) is 5.88 Å². The van der Waals surface area contributed by atoms with Crippen molar-refractivity contribution in [2.24, 2.45) is 5.92 Å². The van der Waals surface area contributed by atoms with E-state index in [1.165, 1.54) is 0 Å². The van der Waals surface area contributed by atoms with Crippen LogP contribution in [0.1, 0.15) is 55.3 Å². The van der Waals surface area contributed by atoms with Crippen molar-refractivity contribution < 1.29 is 19.1 Å². The van der Waals surface area contributed by atoms with E-state index in [9.17, 15) is 9.59 Å². The van der Waals surface area contributed by atoms with Gasteiger partial charge < -0.3 is 19.3 Å². The van der Waals surface area contributed by atoms with E-state index in [0.717, 1.165) is 51.6 Å². The van der Waals surface area contributed by atoms with E-state index < -0.39 is 0 Å². The van der Waals surface area contributed by atoms with Gasteiger partial charge in [0.1, 0.15) is 0 Å². The van der Waals surface area contributed by atoms with E-state index >= 15 is 0 Å². The smallest absolute Gasteiger partial charge is 0.255 e. The van der Waals surface area contributed by atoms with Crippen LogP contribution in [0.25, 0.3) is 0 Å². The van der Waals surface area contributed by atoms with Gasteiger partial charge >= 0.3 is 0 Å². The zero-order valence-corrected chi connectivity index (χ0v) is 17.3. The van der Waals surface area contributed by atoms with Gasteiger partial charge in [-0.25, -0.2) is 4.98 Å². The lowest BCUT2D eigenvalue weighted by Crippen LogP contribution is -2.51. The molecule has 1 aromatic rings. The molecule has 4 heterocycles. The number of pyridine rings is 1. The zero-order valence-electron chi connectivity index (χ0n) is 17.3. The number of amides is 2. The van der Waals surface area contributed by atoms with E-state index in [0.29, 0.717) is 49.4 Å². The summed E-state index contributed by atoms with van der Waals surface area (Å²) in [7, 11) is 1.56. The predicted molar refractivity (Wildman–Crippen MR) is 108 cm³/mol. The lowest BCUT2D eigenvalue weighted by molar-refractivity contribution is -0.140. The molecule has 7 heteroatoms. The van der Waals surface area contributed by atoms with Crippen molar-refractivity contribution in [2.45, 2.75) is 50.5 Å². The highest BCUT2D eigenvalue weighted by atomic mass is 16.5. The maximum Gasteiger partial charge on any atom is 0.255 e. The molecule has 29 heavy (non-hydrogen) atoms. The average molecular weight is 402 g/mol. The van der Waals surface area contributed by atoms with Crippen molar-refractivity contribution >= 4 is 11.8 Å². The predicted octanol–water partition coefficient (Wildman–Crippen LogP) is 2.50. The molecule has 2 amide bonds. The third kappa shape index (κ3) is 4.55. The number of piperidine rings is 1. The van der Waals surface area contributed by atoms with Gasteiger partial charge in [0.05, 0.1) is 18.3 Å². The van der Waals surface area contributed by atoms with Crippen LogP contribution in [0.2, 0.25) is 0 Å². The highest BCUT2D eigenvalue weighted by Crippen LogP contribution is 2.39. The second-order valence-corrected chi connectivity index (χ2v) is 8.56. The molecule has 4 rings (SSSR count). The first kappa shape index (κ1) is 20.1. The summed E-state index contributed by atoms with van der Waals surface area (Å²) in [6, 6.07) is 3.47. The van der Waals surface area contributed by atoms with Gasteiger partial charge in [-0.1, -0.05) is 0 Å². The Morgan fingerprint density at radius 3 is 2.59 bits per heavy atom.